The van der Waals surface area contributed by atoms with Crippen molar-refractivity contribution in [1.82, 2.24) is 15.1 Å². The molecular weight excluding hydrogens is 248 g/mol. The van der Waals surface area contributed by atoms with E-state index in [-0.39, 0.29) is 17.8 Å². The molecule has 0 saturated heterocycles. The van der Waals surface area contributed by atoms with Crippen LogP contribution in [0.1, 0.15) is 10.5 Å². The molecule has 0 aliphatic rings. The van der Waals surface area contributed by atoms with Crippen LogP contribution in [0, 0.1) is 0 Å². The highest BCUT2D eigenvalue weighted by molar-refractivity contribution is 6.05. The molecule has 2 aromatic rings. The van der Waals surface area contributed by atoms with Crippen molar-refractivity contribution in [3.8, 4) is 0 Å². The summed E-state index contributed by atoms with van der Waals surface area (Å²) in [5, 5.41) is 7.09. The van der Waals surface area contributed by atoms with E-state index >= 15 is 0 Å². The molecule has 0 aliphatic heterocycles. The Bertz CT molecular complexity index is 720. The third-order valence-electron chi connectivity index (χ3n) is 2.59. The highest BCUT2D eigenvalue weighted by Crippen LogP contribution is 2.12. The molecule has 0 aliphatic carbocycles. The number of amides is 2. The summed E-state index contributed by atoms with van der Waals surface area (Å²) in [6.07, 6.45) is 0. The van der Waals surface area contributed by atoms with Gasteiger partial charge in [-0.15, -0.1) is 0 Å². The Morgan fingerprint density at radius 2 is 1.95 bits per heavy atom. The number of nitrogens with zero attached hydrogens (tertiary/aromatic N) is 2. The normalized spacial score (nSPS) is 10.4. The highest BCUT2D eigenvalue weighted by atomic mass is 16.2. The number of fused-ring (bicyclic) bond motifs is 1. The van der Waals surface area contributed by atoms with Crippen LogP contribution < -0.4 is 16.6 Å². The molecule has 2 rings (SSSR count). The Balaban J connectivity index is 2.54. The first-order valence-electron chi connectivity index (χ1n) is 5.53. The van der Waals surface area contributed by atoms with Crippen molar-refractivity contribution in [3.05, 3.63) is 40.3 Å². The summed E-state index contributed by atoms with van der Waals surface area (Å²) in [4.78, 5) is 34.4. The Morgan fingerprint density at radius 1 is 1.32 bits per heavy atom. The van der Waals surface area contributed by atoms with Gasteiger partial charge in [0.2, 0.25) is 5.91 Å². The molecule has 98 valence electrons. The maximum atomic E-state index is 11.9. The van der Waals surface area contributed by atoms with Crippen molar-refractivity contribution < 1.29 is 9.59 Å². The first-order valence-corrected chi connectivity index (χ1v) is 5.53. The van der Waals surface area contributed by atoms with Crippen molar-refractivity contribution in [2.75, 3.05) is 6.54 Å². The largest absolute Gasteiger partial charge is 0.368 e. The van der Waals surface area contributed by atoms with Gasteiger partial charge in [-0.25, -0.2) is 4.68 Å². The Morgan fingerprint density at radius 3 is 2.58 bits per heavy atom. The SMILES string of the molecule is Cn1nc(C(=O)NCC(N)=O)c2ccccc2c1=O. The molecule has 0 saturated carbocycles. The third kappa shape index (κ3) is 2.44. The lowest BCUT2D eigenvalue weighted by Crippen LogP contribution is -2.35. The van der Waals surface area contributed by atoms with Crippen molar-refractivity contribution in [3.63, 3.8) is 0 Å². The Labute approximate surface area is 108 Å². The molecule has 0 spiro atoms. The second kappa shape index (κ2) is 4.89. The van der Waals surface area contributed by atoms with Crippen LogP contribution in [-0.2, 0) is 11.8 Å². The van der Waals surface area contributed by atoms with Crippen molar-refractivity contribution in [1.29, 1.82) is 0 Å². The van der Waals surface area contributed by atoms with E-state index in [4.69, 9.17) is 5.73 Å². The molecule has 0 bridgehead atoms. The van der Waals surface area contributed by atoms with Gasteiger partial charge in [0.1, 0.15) is 0 Å². The van der Waals surface area contributed by atoms with Gasteiger partial charge in [0.05, 0.1) is 11.9 Å². The minimum absolute atomic E-state index is 0.0824. The van der Waals surface area contributed by atoms with Crippen molar-refractivity contribution >= 4 is 22.6 Å². The van der Waals surface area contributed by atoms with Crippen molar-refractivity contribution in [2.45, 2.75) is 0 Å². The van der Waals surface area contributed by atoms with Gasteiger partial charge >= 0.3 is 0 Å². The van der Waals surface area contributed by atoms with Crippen LogP contribution in [-0.4, -0.2) is 28.1 Å². The maximum Gasteiger partial charge on any atom is 0.274 e. The molecule has 0 fully saturated rings. The van der Waals surface area contributed by atoms with Gasteiger partial charge in [-0.2, -0.15) is 5.10 Å². The molecule has 1 heterocycles. The summed E-state index contributed by atoms with van der Waals surface area (Å²) in [7, 11) is 1.46. The van der Waals surface area contributed by atoms with Gasteiger partial charge in [-0.05, 0) is 6.07 Å². The monoisotopic (exact) mass is 260 g/mol. The molecule has 0 unspecified atom stereocenters. The zero-order valence-corrected chi connectivity index (χ0v) is 10.2. The van der Waals surface area contributed by atoms with Crippen LogP contribution in [0.25, 0.3) is 10.8 Å². The zero-order valence-electron chi connectivity index (χ0n) is 10.2. The predicted octanol–water partition coefficient (Wildman–Crippen LogP) is -0.851. The van der Waals surface area contributed by atoms with E-state index in [0.717, 1.165) is 4.68 Å². The fourth-order valence-corrected chi connectivity index (χ4v) is 1.72. The number of rotatable bonds is 3. The first kappa shape index (κ1) is 12.7. The van der Waals surface area contributed by atoms with Gasteiger partial charge in [-0.3, -0.25) is 14.4 Å². The smallest absolute Gasteiger partial charge is 0.274 e. The fourth-order valence-electron chi connectivity index (χ4n) is 1.72. The van der Waals surface area contributed by atoms with Crippen LogP contribution in [0.2, 0.25) is 0 Å². The summed E-state index contributed by atoms with van der Waals surface area (Å²) >= 11 is 0. The number of hydrogen-bond donors (Lipinski definition) is 2. The average molecular weight is 260 g/mol. The van der Waals surface area contributed by atoms with E-state index in [0.29, 0.717) is 10.8 Å². The second-order valence-corrected chi connectivity index (χ2v) is 3.97. The molecule has 19 heavy (non-hydrogen) atoms. The minimum atomic E-state index is -0.650. The number of carbonyl (C=O) groups excluding carboxylic acids is 2. The lowest BCUT2D eigenvalue weighted by atomic mass is 10.1. The molecule has 0 radical (unpaired) electrons. The van der Waals surface area contributed by atoms with E-state index in [1.165, 1.54) is 7.05 Å². The third-order valence-corrected chi connectivity index (χ3v) is 2.59. The van der Waals surface area contributed by atoms with E-state index in [2.05, 4.69) is 10.4 Å². The molecule has 1 aromatic carbocycles. The lowest BCUT2D eigenvalue weighted by Gasteiger charge is -2.07. The molecule has 0 atom stereocenters. The number of carbonyl (C=O) groups is 2. The van der Waals surface area contributed by atoms with E-state index in [1.54, 1.807) is 24.3 Å². The summed E-state index contributed by atoms with van der Waals surface area (Å²) in [5.74, 6) is -1.20. The van der Waals surface area contributed by atoms with Gasteiger partial charge in [-0.1, -0.05) is 18.2 Å². The number of nitrogens with two attached hydrogens (primary N) is 1. The molecule has 1 aromatic heterocycles. The van der Waals surface area contributed by atoms with Gasteiger partial charge in [0.15, 0.2) is 5.69 Å². The summed E-state index contributed by atoms with van der Waals surface area (Å²) in [6.45, 7) is -0.280. The molecule has 2 amide bonds. The molecule has 7 nitrogen and oxygen atoms in total. The number of primary amides is 1. The van der Waals surface area contributed by atoms with Crippen LogP contribution in [0.15, 0.2) is 29.1 Å². The van der Waals surface area contributed by atoms with E-state index < -0.39 is 11.8 Å². The van der Waals surface area contributed by atoms with Gasteiger partial charge in [0, 0.05) is 12.4 Å². The maximum absolute atomic E-state index is 11.9. The van der Waals surface area contributed by atoms with Crippen LogP contribution in [0.5, 0.6) is 0 Å². The Hall–Kier alpha value is -2.70. The summed E-state index contributed by atoms with van der Waals surface area (Å²) in [6, 6.07) is 6.65. The number of hydrogen-bond acceptors (Lipinski definition) is 4. The molecule has 7 heteroatoms. The fraction of sp³-hybridized carbons (Fsp3) is 0.167. The standard InChI is InChI=1S/C12H12N4O3/c1-16-12(19)8-5-3-2-4-7(8)10(15-16)11(18)14-6-9(13)17/h2-5H,6H2,1H3,(H2,13,17)(H,14,18). The number of nitrogens with one attached hydrogen (secondary N) is 1. The number of aryl methyl sites for hydroxylation is 1. The van der Waals surface area contributed by atoms with Crippen LogP contribution in [0.3, 0.4) is 0 Å². The summed E-state index contributed by atoms with van der Waals surface area (Å²) in [5.41, 5.74) is 4.75. The quantitative estimate of drug-likeness (QED) is 0.749. The topological polar surface area (TPSA) is 107 Å². The lowest BCUT2D eigenvalue weighted by molar-refractivity contribution is -0.117. The van der Waals surface area contributed by atoms with Crippen LogP contribution in [0.4, 0.5) is 0 Å². The Kier molecular flexibility index (Phi) is 3.28. The highest BCUT2D eigenvalue weighted by Gasteiger charge is 2.15. The second-order valence-electron chi connectivity index (χ2n) is 3.97. The van der Waals surface area contributed by atoms with Gasteiger partial charge in [0.25, 0.3) is 11.5 Å². The number of benzene rings is 1. The average Bonchev–Trinajstić information content (AvgIpc) is 2.40. The van der Waals surface area contributed by atoms with Gasteiger partial charge < -0.3 is 11.1 Å². The predicted molar refractivity (Wildman–Crippen MR) is 68.5 cm³/mol. The summed E-state index contributed by atoms with van der Waals surface area (Å²) < 4.78 is 1.08. The van der Waals surface area contributed by atoms with E-state index in [9.17, 15) is 14.4 Å². The minimum Gasteiger partial charge on any atom is -0.368 e. The first-order chi connectivity index (χ1) is 9.00. The number of aromatic nitrogens is 2. The van der Waals surface area contributed by atoms with Crippen LogP contribution >= 0.6 is 0 Å². The molecular formula is C12H12N4O3. The zero-order chi connectivity index (χ0) is 14.0. The molecule has 3 N–H and O–H groups in total. The van der Waals surface area contributed by atoms with Crippen molar-refractivity contribution in [2.24, 2.45) is 12.8 Å². The van der Waals surface area contributed by atoms with E-state index in [1.807, 2.05) is 0 Å².